The van der Waals surface area contributed by atoms with Crippen LogP contribution >= 0.6 is 0 Å². The van der Waals surface area contributed by atoms with Crippen LogP contribution in [-0.2, 0) is 4.79 Å². The van der Waals surface area contributed by atoms with Crippen molar-refractivity contribution < 1.29 is 4.79 Å². The van der Waals surface area contributed by atoms with Crippen molar-refractivity contribution in [2.24, 2.45) is 17.6 Å². The summed E-state index contributed by atoms with van der Waals surface area (Å²) in [7, 11) is 0. The van der Waals surface area contributed by atoms with Gasteiger partial charge in [-0.1, -0.05) is 33.1 Å². The zero-order valence-electron chi connectivity index (χ0n) is 11.6. The quantitative estimate of drug-likeness (QED) is 0.684. The topological polar surface area (TPSA) is 55.1 Å². The third-order valence-electron chi connectivity index (χ3n) is 4.01. The van der Waals surface area contributed by atoms with Crippen molar-refractivity contribution in [1.82, 2.24) is 5.32 Å². The smallest absolute Gasteiger partial charge is 0.240 e. The highest BCUT2D eigenvalue weighted by molar-refractivity contribution is 5.86. The third kappa shape index (κ3) is 4.30. The standard InChI is InChI=1S/C14H28N2O/c1-4-6-7-11(5-2)10-16-13(17)14(3,15)12-8-9-12/h11-12H,4-10,15H2,1-3H3,(H,16,17). The maximum Gasteiger partial charge on any atom is 0.240 e. The summed E-state index contributed by atoms with van der Waals surface area (Å²) in [4.78, 5) is 12.0. The Bertz CT molecular complexity index is 247. The highest BCUT2D eigenvalue weighted by atomic mass is 16.2. The van der Waals surface area contributed by atoms with Gasteiger partial charge in [0.1, 0.15) is 0 Å². The first-order chi connectivity index (χ1) is 8.02. The lowest BCUT2D eigenvalue weighted by atomic mass is 9.95. The minimum atomic E-state index is -0.650. The molecule has 0 heterocycles. The largest absolute Gasteiger partial charge is 0.354 e. The monoisotopic (exact) mass is 240 g/mol. The Morgan fingerprint density at radius 3 is 2.59 bits per heavy atom. The molecular weight excluding hydrogens is 212 g/mol. The van der Waals surface area contributed by atoms with Gasteiger partial charge in [0.25, 0.3) is 0 Å². The summed E-state index contributed by atoms with van der Waals surface area (Å²) in [6.45, 7) is 7.05. The lowest BCUT2D eigenvalue weighted by Crippen LogP contribution is -2.54. The summed E-state index contributed by atoms with van der Waals surface area (Å²) in [5.74, 6) is 1.04. The molecule has 0 aromatic carbocycles. The van der Waals surface area contributed by atoms with Crippen molar-refractivity contribution in [1.29, 1.82) is 0 Å². The van der Waals surface area contributed by atoms with Gasteiger partial charge in [0.15, 0.2) is 0 Å². The van der Waals surface area contributed by atoms with Crippen LogP contribution in [0.25, 0.3) is 0 Å². The van der Waals surface area contributed by atoms with Gasteiger partial charge < -0.3 is 11.1 Å². The van der Waals surface area contributed by atoms with Gasteiger partial charge in [-0.25, -0.2) is 0 Å². The van der Waals surface area contributed by atoms with E-state index >= 15 is 0 Å². The van der Waals surface area contributed by atoms with Crippen LogP contribution in [0.2, 0.25) is 0 Å². The van der Waals surface area contributed by atoms with Crippen LogP contribution in [0.3, 0.4) is 0 Å². The molecule has 1 aliphatic rings. The molecule has 3 nitrogen and oxygen atoms in total. The van der Waals surface area contributed by atoms with Gasteiger partial charge in [-0.05, 0) is 38.0 Å². The zero-order chi connectivity index (χ0) is 12.9. The van der Waals surface area contributed by atoms with E-state index in [4.69, 9.17) is 5.73 Å². The molecule has 1 aliphatic carbocycles. The number of hydrogen-bond acceptors (Lipinski definition) is 2. The average molecular weight is 240 g/mol. The molecule has 1 rings (SSSR count). The summed E-state index contributed by atoms with van der Waals surface area (Å²) in [5, 5.41) is 3.04. The van der Waals surface area contributed by atoms with Crippen molar-refractivity contribution in [2.45, 2.75) is 64.8 Å². The van der Waals surface area contributed by atoms with Crippen LogP contribution in [0.4, 0.5) is 0 Å². The van der Waals surface area contributed by atoms with Crippen molar-refractivity contribution >= 4 is 5.91 Å². The molecule has 1 amide bonds. The fraction of sp³-hybridized carbons (Fsp3) is 0.929. The Balaban J connectivity index is 2.30. The lowest BCUT2D eigenvalue weighted by molar-refractivity contribution is -0.126. The van der Waals surface area contributed by atoms with Gasteiger partial charge >= 0.3 is 0 Å². The van der Waals surface area contributed by atoms with E-state index in [0.29, 0.717) is 11.8 Å². The molecule has 1 fully saturated rings. The number of carbonyl (C=O) groups is 1. The number of unbranched alkanes of at least 4 members (excludes halogenated alkanes) is 1. The van der Waals surface area contributed by atoms with Gasteiger partial charge in [-0.2, -0.15) is 0 Å². The Labute approximate surface area is 106 Å². The predicted octanol–water partition coefficient (Wildman–Crippen LogP) is 2.45. The SMILES string of the molecule is CCCCC(CC)CNC(=O)C(C)(N)C1CC1. The second kappa shape index (κ2) is 6.39. The molecule has 3 heteroatoms. The molecule has 0 radical (unpaired) electrons. The number of hydrogen-bond donors (Lipinski definition) is 2. The Morgan fingerprint density at radius 1 is 1.47 bits per heavy atom. The molecule has 0 aromatic rings. The molecule has 0 aromatic heterocycles. The Morgan fingerprint density at radius 2 is 2.12 bits per heavy atom. The summed E-state index contributed by atoms with van der Waals surface area (Å²) in [6, 6.07) is 0. The molecule has 0 aliphatic heterocycles. The maximum atomic E-state index is 12.0. The van der Waals surface area contributed by atoms with E-state index in [1.807, 2.05) is 6.92 Å². The van der Waals surface area contributed by atoms with Crippen molar-refractivity contribution in [3.05, 3.63) is 0 Å². The highest BCUT2D eigenvalue weighted by Gasteiger charge is 2.43. The molecule has 0 bridgehead atoms. The summed E-state index contributed by atoms with van der Waals surface area (Å²) in [5.41, 5.74) is 5.43. The fourth-order valence-electron chi connectivity index (χ4n) is 2.24. The minimum absolute atomic E-state index is 0.0370. The van der Waals surface area contributed by atoms with E-state index in [1.165, 1.54) is 19.3 Å². The molecule has 17 heavy (non-hydrogen) atoms. The average Bonchev–Trinajstić information content (AvgIpc) is 3.13. The zero-order valence-corrected chi connectivity index (χ0v) is 11.6. The molecule has 2 unspecified atom stereocenters. The lowest BCUT2D eigenvalue weighted by Gasteiger charge is -2.25. The van der Waals surface area contributed by atoms with Crippen molar-refractivity contribution in [3.63, 3.8) is 0 Å². The van der Waals surface area contributed by atoms with Gasteiger partial charge in [0.2, 0.25) is 5.91 Å². The molecule has 0 saturated heterocycles. The number of amides is 1. The maximum absolute atomic E-state index is 12.0. The fourth-order valence-corrected chi connectivity index (χ4v) is 2.24. The first-order valence-electron chi connectivity index (χ1n) is 7.09. The minimum Gasteiger partial charge on any atom is -0.354 e. The van der Waals surface area contributed by atoms with E-state index in [-0.39, 0.29) is 5.91 Å². The second-order valence-electron chi connectivity index (χ2n) is 5.68. The Hall–Kier alpha value is -0.570. The van der Waals surface area contributed by atoms with Crippen LogP contribution in [0.5, 0.6) is 0 Å². The van der Waals surface area contributed by atoms with Gasteiger partial charge in [-0.3, -0.25) is 4.79 Å². The Kier molecular flexibility index (Phi) is 5.44. The van der Waals surface area contributed by atoms with Gasteiger partial charge in [-0.15, -0.1) is 0 Å². The molecule has 1 saturated carbocycles. The van der Waals surface area contributed by atoms with Gasteiger partial charge in [0.05, 0.1) is 5.54 Å². The number of nitrogens with one attached hydrogen (secondary N) is 1. The first kappa shape index (κ1) is 14.5. The van der Waals surface area contributed by atoms with Crippen LogP contribution in [0.1, 0.15) is 59.3 Å². The summed E-state index contributed by atoms with van der Waals surface area (Å²) in [6.07, 6.45) is 7.02. The van der Waals surface area contributed by atoms with Crippen LogP contribution < -0.4 is 11.1 Å². The third-order valence-corrected chi connectivity index (χ3v) is 4.01. The van der Waals surface area contributed by atoms with Crippen LogP contribution in [-0.4, -0.2) is 18.0 Å². The second-order valence-corrected chi connectivity index (χ2v) is 5.68. The van der Waals surface area contributed by atoms with Crippen LogP contribution in [0, 0.1) is 11.8 Å². The first-order valence-corrected chi connectivity index (χ1v) is 7.09. The molecule has 2 atom stereocenters. The molecule has 100 valence electrons. The van der Waals surface area contributed by atoms with E-state index in [2.05, 4.69) is 19.2 Å². The number of carbonyl (C=O) groups excluding carboxylic acids is 1. The predicted molar refractivity (Wildman–Crippen MR) is 71.6 cm³/mol. The molecular formula is C14H28N2O. The van der Waals surface area contributed by atoms with Crippen LogP contribution in [0.15, 0.2) is 0 Å². The van der Waals surface area contributed by atoms with E-state index < -0.39 is 5.54 Å². The van der Waals surface area contributed by atoms with Crippen molar-refractivity contribution in [3.8, 4) is 0 Å². The molecule has 3 N–H and O–H groups in total. The highest BCUT2D eigenvalue weighted by Crippen LogP contribution is 2.38. The number of rotatable bonds is 8. The summed E-state index contributed by atoms with van der Waals surface area (Å²) < 4.78 is 0. The number of nitrogens with two attached hydrogens (primary N) is 1. The molecule has 0 spiro atoms. The van der Waals surface area contributed by atoms with E-state index in [0.717, 1.165) is 25.8 Å². The normalized spacial score (nSPS) is 20.7. The van der Waals surface area contributed by atoms with E-state index in [9.17, 15) is 4.79 Å². The van der Waals surface area contributed by atoms with Crippen molar-refractivity contribution in [2.75, 3.05) is 6.54 Å². The van der Waals surface area contributed by atoms with E-state index in [1.54, 1.807) is 0 Å². The van der Waals surface area contributed by atoms with Gasteiger partial charge in [0, 0.05) is 6.54 Å². The summed E-state index contributed by atoms with van der Waals surface area (Å²) >= 11 is 0.